The van der Waals surface area contributed by atoms with Gasteiger partial charge in [-0.05, 0) is 19.8 Å². The number of ether oxygens (including phenoxy) is 2. The van der Waals surface area contributed by atoms with Crippen molar-refractivity contribution in [3.8, 4) is 0 Å². The molecule has 1 fully saturated rings. The molecule has 2 nitrogen and oxygen atoms in total. The van der Waals surface area contributed by atoms with Crippen molar-refractivity contribution in [1.82, 2.24) is 0 Å². The third kappa shape index (κ3) is 2.27. The molecule has 0 amide bonds. The van der Waals surface area contributed by atoms with Gasteiger partial charge in [-0.1, -0.05) is 0 Å². The lowest BCUT2D eigenvalue weighted by Gasteiger charge is -2.25. The first-order valence-corrected chi connectivity index (χ1v) is 3.93. The molecule has 1 rings (SSSR count). The van der Waals surface area contributed by atoms with Gasteiger partial charge < -0.3 is 9.47 Å². The first kappa shape index (κ1) is 8.02. The Morgan fingerprint density at radius 2 is 2.30 bits per heavy atom. The number of hydrogen-bond donors (Lipinski definition) is 0. The highest BCUT2D eigenvalue weighted by molar-refractivity contribution is 4.66. The predicted molar refractivity (Wildman–Crippen MR) is 40.0 cm³/mol. The zero-order valence-corrected chi connectivity index (χ0v) is 6.80. The minimum atomic E-state index is 0.466. The van der Waals surface area contributed by atoms with E-state index in [2.05, 4.69) is 6.92 Å². The molecule has 0 aromatic carbocycles. The average molecular weight is 144 g/mol. The molecule has 0 bridgehead atoms. The van der Waals surface area contributed by atoms with Gasteiger partial charge in [0, 0.05) is 13.0 Å². The topological polar surface area (TPSA) is 18.5 Å². The van der Waals surface area contributed by atoms with E-state index in [0.29, 0.717) is 12.0 Å². The van der Waals surface area contributed by atoms with Crippen LogP contribution in [0.3, 0.4) is 0 Å². The van der Waals surface area contributed by atoms with E-state index >= 15 is 0 Å². The molecule has 1 heterocycles. The lowest BCUT2D eigenvalue weighted by atomic mass is 10.0. The van der Waals surface area contributed by atoms with Gasteiger partial charge in [0.25, 0.3) is 0 Å². The Bertz CT molecular complexity index is 85.3. The smallest absolute Gasteiger partial charge is 0.0547 e. The Morgan fingerprint density at radius 3 is 2.80 bits per heavy atom. The molecule has 2 heteroatoms. The van der Waals surface area contributed by atoms with Crippen molar-refractivity contribution in [2.75, 3.05) is 20.3 Å². The van der Waals surface area contributed by atoms with Crippen molar-refractivity contribution in [3.63, 3.8) is 0 Å². The predicted octanol–water partition coefficient (Wildman–Crippen LogP) is 1.45. The van der Waals surface area contributed by atoms with Gasteiger partial charge in [-0.15, -0.1) is 0 Å². The lowest BCUT2D eigenvalue weighted by molar-refractivity contribution is -0.0267. The van der Waals surface area contributed by atoms with E-state index in [-0.39, 0.29) is 0 Å². The molecule has 2 atom stereocenters. The zero-order chi connectivity index (χ0) is 7.40. The second-order valence-electron chi connectivity index (χ2n) is 3.04. The van der Waals surface area contributed by atoms with E-state index in [1.54, 1.807) is 7.11 Å². The largest absolute Gasteiger partial charge is 0.384 e. The minimum absolute atomic E-state index is 0.466. The summed E-state index contributed by atoms with van der Waals surface area (Å²) in [4.78, 5) is 0. The summed E-state index contributed by atoms with van der Waals surface area (Å²) >= 11 is 0. The quantitative estimate of drug-likeness (QED) is 0.584. The Morgan fingerprint density at radius 1 is 1.50 bits per heavy atom. The number of hydrogen-bond acceptors (Lipinski definition) is 2. The van der Waals surface area contributed by atoms with Crippen LogP contribution in [0.2, 0.25) is 0 Å². The van der Waals surface area contributed by atoms with Gasteiger partial charge in [0.15, 0.2) is 0 Å². The van der Waals surface area contributed by atoms with E-state index in [0.717, 1.165) is 13.2 Å². The van der Waals surface area contributed by atoms with Crippen LogP contribution >= 0.6 is 0 Å². The van der Waals surface area contributed by atoms with E-state index < -0.39 is 0 Å². The van der Waals surface area contributed by atoms with Crippen molar-refractivity contribution in [2.24, 2.45) is 5.92 Å². The molecule has 0 saturated carbocycles. The maximum absolute atomic E-state index is 5.46. The Balaban J connectivity index is 2.13. The van der Waals surface area contributed by atoms with Crippen LogP contribution in [0.5, 0.6) is 0 Å². The molecule has 1 aliphatic heterocycles. The number of rotatable bonds is 2. The van der Waals surface area contributed by atoms with Gasteiger partial charge in [0.05, 0.1) is 19.3 Å². The minimum Gasteiger partial charge on any atom is -0.384 e. The summed E-state index contributed by atoms with van der Waals surface area (Å²) in [6, 6.07) is 0. The SMILES string of the molecule is COCC1CCC(C)OC1. The van der Waals surface area contributed by atoms with Crippen molar-refractivity contribution < 1.29 is 9.47 Å². The van der Waals surface area contributed by atoms with Crippen LogP contribution < -0.4 is 0 Å². The van der Waals surface area contributed by atoms with Crippen LogP contribution in [0, 0.1) is 5.92 Å². The van der Waals surface area contributed by atoms with Gasteiger partial charge in [-0.3, -0.25) is 0 Å². The molecule has 10 heavy (non-hydrogen) atoms. The molecule has 60 valence electrons. The average Bonchev–Trinajstić information content (AvgIpc) is 1.95. The Labute approximate surface area is 62.5 Å². The first-order chi connectivity index (χ1) is 4.83. The van der Waals surface area contributed by atoms with E-state index in [1.165, 1.54) is 12.8 Å². The molecule has 0 spiro atoms. The molecule has 0 aromatic rings. The summed E-state index contributed by atoms with van der Waals surface area (Å²) < 4.78 is 10.5. The van der Waals surface area contributed by atoms with Crippen LogP contribution in [0.25, 0.3) is 0 Å². The van der Waals surface area contributed by atoms with Crippen LogP contribution in [-0.4, -0.2) is 26.4 Å². The molecule has 2 unspecified atom stereocenters. The van der Waals surface area contributed by atoms with Gasteiger partial charge in [-0.25, -0.2) is 0 Å². The highest BCUT2D eigenvalue weighted by Crippen LogP contribution is 2.18. The molecule has 0 aliphatic carbocycles. The molecular formula is C8H16O2. The van der Waals surface area contributed by atoms with Crippen molar-refractivity contribution in [2.45, 2.75) is 25.9 Å². The van der Waals surface area contributed by atoms with Crippen molar-refractivity contribution in [3.05, 3.63) is 0 Å². The fraction of sp³-hybridized carbons (Fsp3) is 1.00. The molecule has 0 N–H and O–H groups in total. The number of methoxy groups -OCH3 is 1. The van der Waals surface area contributed by atoms with Crippen LogP contribution in [-0.2, 0) is 9.47 Å². The van der Waals surface area contributed by atoms with E-state index in [4.69, 9.17) is 9.47 Å². The third-order valence-corrected chi connectivity index (χ3v) is 2.00. The van der Waals surface area contributed by atoms with Crippen molar-refractivity contribution in [1.29, 1.82) is 0 Å². The molecule has 1 aliphatic rings. The fourth-order valence-corrected chi connectivity index (χ4v) is 1.30. The second-order valence-corrected chi connectivity index (χ2v) is 3.04. The molecule has 1 saturated heterocycles. The molecule has 0 aromatic heterocycles. The van der Waals surface area contributed by atoms with Crippen LogP contribution in [0.15, 0.2) is 0 Å². The summed E-state index contributed by atoms with van der Waals surface area (Å²) in [7, 11) is 1.75. The van der Waals surface area contributed by atoms with Crippen LogP contribution in [0.1, 0.15) is 19.8 Å². The lowest BCUT2D eigenvalue weighted by Crippen LogP contribution is -2.26. The van der Waals surface area contributed by atoms with Gasteiger partial charge in [0.1, 0.15) is 0 Å². The summed E-state index contributed by atoms with van der Waals surface area (Å²) in [6.45, 7) is 3.87. The van der Waals surface area contributed by atoms with Crippen molar-refractivity contribution >= 4 is 0 Å². The maximum atomic E-state index is 5.46. The summed E-state index contributed by atoms with van der Waals surface area (Å²) in [6.07, 6.45) is 2.91. The normalized spacial score (nSPS) is 34.2. The highest BCUT2D eigenvalue weighted by atomic mass is 16.5. The standard InChI is InChI=1S/C8H16O2/c1-7-3-4-8(5-9-2)6-10-7/h7-8H,3-6H2,1-2H3. The summed E-state index contributed by atoms with van der Waals surface area (Å²) in [5.74, 6) is 0.640. The first-order valence-electron chi connectivity index (χ1n) is 3.93. The summed E-state index contributed by atoms with van der Waals surface area (Å²) in [5.41, 5.74) is 0. The Hall–Kier alpha value is -0.0800. The van der Waals surface area contributed by atoms with Crippen LogP contribution in [0.4, 0.5) is 0 Å². The second kappa shape index (κ2) is 3.94. The Kier molecular flexibility index (Phi) is 3.16. The molecule has 0 radical (unpaired) electrons. The van der Waals surface area contributed by atoms with Gasteiger partial charge >= 0.3 is 0 Å². The van der Waals surface area contributed by atoms with Gasteiger partial charge in [0.2, 0.25) is 0 Å². The summed E-state index contributed by atoms with van der Waals surface area (Å²) in [5, 5.41) is 0. The molecular weight excluding hydrogens is 128 g/mol. The zero-order valence-electron chi connectivity index (χ0n) is 6.80. The highest BCUT2D eigenvalue weighted by Gasteiger charge is 2.17. The fourth-order valence-electron chi connectivity index (χ4n) is 1.30. The monoisotopic (exact) mass is 144 g/mol. The van der Waals surface area contributed by atoms with E-state index in [9.17, 15) is 0 Å². The maximum Gasteiger partial charge on any atom is 0.0547 e. The van der Waals surface area contributed by atoms with E-state index in [1.807, 2.05) is 0 Å². The van der Waals surface area contributed by atoms with Gasteiger partial charge in [-0.2, -0.15) is 0 Å². The third-order valence-electron chi connectivity index (χ3n) is 2.00.